The second-order valence-corrected chi connectivity index (χ2v) is 4.62. The van der Waals surface area contributed by atoms with Crippen LogP contribution < -0.4 is 15.4 Å². The molecular weight excluding hydrogens is 286 g/mol. The van der Waals surface area contributed by atoms with Crippen LogP contribution in [-0.2, 0) is 9.53 Å². The second kappa shape index (κ2) is 7.46. The van der Waals surface area contributed by atoms with Gasteiger partial charge in [-0.2, -0.15) is 0 Å². The lowest BCUT2D eigenvalue weighted by molar-refractivity contribution is -0.135. The minimum Gasteiger partial charge on any atom is -0.497 e. The summed E-state index contributed by atoms with van der Waals surface area (Å²) in [7, 11) is 3.16. The molecule has 1 aliphatic heterocycles. The van der Waals surface area contributed by atoms with E-state index in [1.807, 2.05) is 24.3 Å². The van der Waals surface area contributed by atoms with Gasteiger partial charge in [0.1, 0.15) is 12.3 Å². The smallest absolute Gasteiger partial charge is 0.322 e. The second-order valence-electron chi connectivity index (χ2n) is 4.62. The Hall–Kier alpha value is -2.54. The third-order valence-electron chi connectivity index (χ3n) is 3.12. The Morgan fingerprint density at radius 1 is 1.27 bits per heavy atom. The predicted octanol–water partition coefficient (Wildman–Crippen LogP) is 0.903. The lowest BCUT2D eigenvalue weighted by atomic mass is 10.1. The summed E-state index contributed by atoms with van der Waals surface area (Å²) in [5.41, 5.74) is 2.17. The molecule has 0 aliphatic carbocycles. The summed E-state index contributed by atoms with van der Waals surface area (Å²) in [5, 5.41) is 14.8. The van der Waals surface area contributed by atoms with Crippen molar-refractivity contribution >= 4 is 17.4 Å². The van der Waals surface area contributed by atoms with Crippen LogP contribution in [0.25, 0.3) is 0 Å². The van der Waals surface area contributed by atoms with Gasteiger partial charge in [-0.15, -0.1) is 0 Å². The van der Waals surface area contributed by atoms with Crippen molar-refractivity contribution in [2.45, 2.75) is 0 Å². The normalized spacial score (nSPS) is 16.5. The number of aliphatic carboxylic acids is 1. The first-order valence-corrected chi connectivity index (χ1v) is 6.79. The van der Waals surface area contributed by atoms with Gasteiger partial charge in [-0.3, -0.25) is 4.79 Å². The molecule has 22 heavy (non-hydrogen) atoms. The molecule has 0 saturated heterocycles. The van der Waals surface area contributed by atoms with Crippen LogP contribution >= 0.6 is 0 Å². The zero-order valence-corrected chi connectivity index (χ0v) is 12.5. The highest BCUT2D eigenvalue weighted by Crippen LogP contribution is 2.20. The lowest BCUT2D eigenvalue weighted by Gasteiger charge is -2.22. The van der Waals surface area contributed by atoms with Crippen LogP contribution in [-0.4, -0.2) is 50.6 Å². The van der Waals surface area contributed by atoms with Gasteiger partial charge in [0.25, 0.3) is 0 Å². The molecule has 1 aliphatic rings. The van der Waals surface area contributed by atoms with Gasteiger partial charge < -0.3 is 25.2 Å². The summed E-state index contributed by atoms with van der Waals surface area (Å²) in [4.78, 5) is 15.2. The number of hydrogen-bond donors (Lipinski definition) is 3. The first kappa shape index (κ1) is 15.8. The molecule has 7 heteroatoms. The predicted molar refractivity (Wildman–Crippen MR) is 82.6 cm³/mol. The van der Waals surface area contributed by atoms with Crippen molar-refractivity contribution in [3.05, 3.63) is 35.7 Å². The summed E-state index contributed by atoms with van der Waals surface area (Å²) in [6.45, 7) is 0.894. The standard InChI is InChI=1S/C15H19N3O4/c1-21-11-5-3-10(4-6-11)18-13-8-16-7-12(15(13)22-2)17-9-14(19)20/h3-6,16-17H,7-9H2,1-2H3,(H,19,20)/b18-13+. The molecule has 0 amide bonds. The van der Waals surface area contributed by atoms with E-state index >= 15 is 0 Å². The molecule has 118 valence electrons. The number of carbonyl (C=O) groups is 1. The van der Waals surface area contributed by atoms with E-state index in [2.05, 4.69) is 15.6 Å². The highest BCUT2D eigenvalue weighted by atomic mass is 16.5. The number of carboxylic acid groups (broad SMARTS) is 1. The van der Waals surface area contributed by atoms with Gasteiger partial charge in [-0.05, 0) is 24.3 Å². The van der Waals surface area contributed by atoms with Crippen molar-refractivity contribution < 1.29 is 19.4 Å². The van der Waals surface area contributed by atoms with Crippen LogP contribution in [0.2, 0.25) is 0 Å². The molecule has 1 aromatic rings. The number of methoxy groups -OCH3 is 2. The molecule has 1 heterocycles. The number of ether oxygens (including phenoxy) is 2. The Morgan fingerprint density at radius 2 is 2.00 bits per heavy atom. The molecule has 0 spiro atoms. The van der Waals surface area contributed by atoms with E-state index in [0.29, 0.717) is 30.3 Å². The fourth-order valence-corrected chi connectivity index (χ4v) is 2.11. The number of nitrogens with zero attached hydrogens (tertiary/aromatic N) is 1. The highest BCUT2D eigenvalue weighted by Gasteiger charge is 2.20. The molecule has 2 rings (SSSR count). The quantitative estimate of drug-likeness (QED) is 0.723. The number of nitrogens with one attached hydrogen (secondary N) is 2. The zero-order chi connectivity index (χ0) is 15.9. The van der Waals surface area contributed by atoms with Crippen LogP contribution in [0.3, 0.4) is 0 Å². The average Bonchev–Trinajstić information content (AvgIpc) is 2.53. The molecule has 0 aromatic heterocycles. The number of rotatable bonds is 6. The minimum absolute atomic E-state index is 0.167. The van der Waals surface area contributed by atoms with Gasteiger partial charge >= 0.3 is 5.97 Å². The SMILES string of the molecule is COC1=C(NCC(=O)O)CNC/C1=N\c1ccc(OC)cc1. The van der Waals surface area contributed by atoms with Crippen molar-refractivity contribution in [1.29, 1.82) is 0 Å². The lowest BCUT2D eigenvalue weighted by Crippen LogP contribution is -2.39. The van der Waals surface area contributed by atoms with Crippen LogP contribution in [0.15, 0.2) is 40.7 Å². The maximum atomic E-state index is 10.7. The van der Waals surface area contributed by atoms with Gasteiger partial charge in [0.2, 0.25) is 0 Å². The van der Waals surface area contributed by atoms with E-state index in [0.717, 1.165) is 11.4 Å². The summed E-state index contributed by atoms with van der Waals surface area (Å²) in [6.07, 6.45) is 0. The monoisotopic (exact) mass is 305 g/mol. The van der Waals surface area contributed by atoms with E-state index in [-0.39, 0.29) is 6.54 Å². The number of aliphatic imine (C=N–C) groups is 1. The molecule has 0 atom stereocenters. The topological polar surface area (TPSA) is 92.2 Å². The minimum atomic E-state index is -0.929. The summed E-state index contributed by atoms with van der Waals surface area (Å²) in [6, 6.07) is 7.35. The molecule has 0 fully saturated rings. The summed E-state index contributed by atoms with van der Waals surface area (Å²) < 4.78 is 10.5. The third-order valence-corrected chi connectivity index (χ3v) is 3.12. The first-order valence-electron chi connectivity index (χ1n) is 6.79. The van der Waals surface area contributed by atoms with E-state index in [9.17, 15) is 4.79 Å². The molecule has 3 N–H and O–H groups in total. The van der Waals surface area contributed by atoms with E-state index in [1.54, 1.807) is 14.2 Å². The Labute approximate surface area is 128 Å². The Bertz CT molecular complexity index is 593. The van der Waals surface area contributed by atoms with Crippen molar-refractivity contribution in [3.63, 3.8) is 0 Å². The molecule has 0 unspecified atom stereocenters. The van der Waals surface area contributed by atoms with Crippen molar-refractivity contribution in [1.82, 2.24) is 10.6 Å². The van der Waals surface area contributed by atoms with Crippen molar-refractivity contribution in [3.8, 4) is 5.75 Å². The van der Waals surface area contributed by atoms with E-state index in [1.165, 1.54) is 0 Å². The maximum absolute atomic E-state index is 10.7. The van der Waals surface area contributed by atoms with Crippen LogP contribution in [0.5, 0.6) is 5.75 Å². The largest absolute Gasteiger partial charge is 0.497 e. The first-order chi connectivity index (χ1) is 10.6. The summed E-state index contributed by atoms with van der Waals surface area (Å²) >= 11 is 0. The Morgan fingerprint density at radius 3 is 2.59 bits per heavy atom. The average molecular weight is 305 g/mol. The maximum Gasteiger partial charge on any atom is 0.322 e. The van der Waals surface area contributed by atoms with E-state index < -0.39 is 5.97 Å². The number of carboxylic acids is 1. The molecule has 1 aromatic carbocycles. The highest BCUT2D eigenvalue weighted by molar-refractivity contribution is 6.02. The molecule has 0 saturated carbocycles. The van der Waals surface area contributed by atoms with Crippen LogP contribution in [0.4, 0.5) is 5.69 Å². The molecular formula is C15H19N3O4. The third kappa shape index (κ3) is 3.98. The fourth-order valence-electron chi connectivity index (χ4n) is 2.11. The number of hydrogen-bond acceptors (Lipinski definition) is 6. The zero-order valence-electron chi connectivity index (χ0n) is 12.5. The fraction of sp³-hybridized carbons (Fsp3) is 0.333. The van der Waals surface area contributed by atoms with E-state index in [4.69, 9.17) is 14.6 Å². The van der Waals surface area contributed by atoms with Gasteiger partial charge in [0.15, 0.2) is 5.76 Å². The van der Waals surface area contributed by atoms with Crippen LogP contribution in [0.1, 0.15) is 0 Å². The van der Waals surface area contributed by atoms with Gasteiger partial charge in [-0.25, -0.2) is 4.99 Å². The van der Waals surface area contributed by atoms with Gasteiger partial charge in [-0.1, -0.05) is 0 Å². The van der Waals surface area contributed by atoms with Gasteiger partial charge in [0, 0.05) is 13.1 Å². The van der Waals surface area contributed by atoms with Gasteiger partial charge in [0.05, 0.1) is 31.3 Å². The molecule has 0 radical (unpaired) electrons. The molecule has 0 bridgehead atoms. The van der Waals surface area contributed by atoms with Crippen molar-refractivity contribution in [2.75, 3.05) is 33.9 Å². The molecule has 7 nitrogen and oxygen atoms in total. The Kier molecular flexibility index (Phi) is 5.37. The summed E-state index contributed by atoms with van der Waals surface area (Å²) in [5.74, 6) is 0.412. The Balaban J connectivity index is 2.24. The van der Waals surface area contributed by atoms with Crippen molar-refractivity contribution in [2.24, 2.45) is 4.99 Å². The number of benzene rings is 1. The van der Waals surface area contributed by atoms with Crippen LogP contribution in [0, 0.1) is 0 Å².